The summed E-state index contributed by atoms with van der Waals surface area (Å²) >= 11 is 0. The van der Waals surface area contributed by atoms with Crippen molar-refractivity contribution in [3.8, 4) is 0 Å². The van der Waals surface area contributed by atoms with Crippen LogP contribution in [0.15, 0.2) is 42.5 Å². The Kier molecular flexibility index (Phi) is 2.23. The number of fused-ring (bicyclic) bond motifs is 5. The Balaban J connectivity index is 1.78. The van der Waals surface area contributed by atoms with Crippen molar-refractivity contribution in [2.24, 2.45) is 11.8 Å². The highest BCUT2D eigenvalue weighted by molar-refractivity contribution is 6.24. The van der Waals surface area contributed by atoms with Gasteiger partial charge in [0.05, 0.1) is 23.6 Å². The molecule has 3 aliphatic heterocycles. The Bertz CT molecular complexity index is 652. The van der Waals surface area contributed by atoms with Crippen LogP contribution in [0.3, 0.4) is 0 Å². The maximum atomic E-state index is 12.6. The average molecular weight is 268 g/mol. The number of hydrogen-bond acceptors (Lipinski definition) is 4. The summed E-state index contributed by atoms with van der Waals surface area (Å²) in [5.41, 5.74) is 0.575. The van der Waals surface area contributed by atoms with Gasteiger partial charge < -0.3 is 0 Å². The lowest BCUT2D eigenvalue weighted by molar-refractivity contribution is -0.126. The van der Waals surface area contributed by atoms with Crippen molar-refractivity contribution in [2.45, 2.75) is 12.1 Å². The Labute approximate surface area is 115 Å². The van der Waals surface area contributed by atoms with Crippen LogP contribution in [-0.2, 0) is 14.4 Å². The molecule has 0 radical (unpaired) electrons. The molecule has 20 heavy (non-hydrogen) atoms. The zero-order valence-electron chi connectivity index (χ0n) is 10.5. The van der Waals surface area contributed by atoms with Crippen molar-refractivity contribution in [3.63, 3.8) is 0 Å². The van der Waals surface area contributed by atoms with Crippen LogP contribution < -0.4 is 10.2 Å². The molecule has 2 saturated heterocycles. The molecule has 3 heterocycles. The van der Waals surface area contributed by atoms with Gasteiger partial charge in [-0.15, -0.1) is 0 Å². The quantitative estimate of drug-likeness (QED) is 0.743. The van der Waals surface area contributed by atoms with Gasteiger partial charge in [0.1, 0.15) is 0 Å². The number of para-hydroxylation sites is 1. The number of ketones is 1. The third-order valence-corrected chi connectivity index (χ3v) is 4.30. The van der Waals surface area contributed by atoms with E-state index in [0.29, 0.717) is 5.69 Å². The van der Waals surface area contributed by atoms with E-state index in [1.54, 1.807) is 30.3 Å². The summed E-state index contributed by atoms with van der Waals surface area (Å²) in [4.78, 5) is 38.2. The number of nitrogens with one attached hydrogen (secondary N) is 1. The fourth-order valence-corrected chi connectivity index (χ4v) is 3.42. The van der Waals surface area contributed by atoms with Crippen LogP contribution in [0, 0.1) is 11.8 Å². The van der Waals surface area contributed by atoms with Gasteiger partial charge in [-0.25, -0.2) is 4.90 Å². The average Bonchev–Trinajstić information content (AvgIpc) is 2.91. The minimum absolute atomic E-state index is 0.121. The highest BCUT2D eigenvalue weighted by Crippen LogP contribution is 2.41. The van der Waals surface area contributed by atoms with E-state index in [9.17, 15) is 14.4 Å². The van der Waals surface area contributed by atoms with Gasteiger partial charge in [-0.05, 0) is 18.2 Å². The largest absolute Gasteiger partial charge is 0.299 e. The van der Waals surface area contributed by atoms with Crippen molar-refractivity contribution in [2.75, 3.05) is 4.90 Å². The van der Waals surface area contributed by atoms with Gasteiger partial charge in [-0.3, -0.25) is 19.7 Å². The van der Waals surface area contributed by atoms with E-state index in [-0.39, 0.29) is 23.6 Å². The minimum Gasteiger partial charge on any atom is -0.299 e. The lowest BCUT2D eigenvalue weighted by Gasteiger charge is -2.22. The summed E-state index contributed by atoms with van der Waals surface area (Å²) in [6, 6.07) is 8.10. The van der Waals surface area contributed by atoms with E-state index in [4.69, 9.17) is 0 Å². The number of carbonyl (C=O) groups excluding carboxylic acids is 3. The standard InChI is InChI=1S/C15H12N2O3/c18-10-7-6-9-11-12(13(10)16-9)15(20)17(14(11)19)8-4-2-1-3-5-8/h1-7,9,11-13,16H/t9-,11-,12-,13+/m0/s1. The summed E-state index contributed by atoms with van der Waals surface area (Å²) in [5.74, 6) is -1.65. The smallest absolute Gasteiger partial charge is 0.239 e. The SMILES string of the molecule is O=C1C=C[C@@H]2N[C@H]1[C@H]1C(=O)N(c3ccccc3)C(=O)[C@H]12. The van der Waals surface area contributed by atoms with Gasteiger partial charge >= 0.3 is 0 Å². The molecule has 0 aliphatic carbocycles. The number of carbonyl (C=O) groups is 3. The van der Waals surface area contributed by atoms with E-state index in [2.05, 4.69) is 5.32 Å². The van der Waals surface area contributed by atoms with Crippen LogP contribution in [-0.4, -0.2) is 29.7 Å². The molecule has 5 heteroatoms. The van der Waals surface area contributed by atoms with Gasteiger partial charge in [-0.2, -0.15) is 0 Å². The van der Waals surface area contributed by atoms with Crippen LogP contribution >= 0.6 is 0 Å². The molecule has 2 amide bonds. The zero-order valence-corrected chi connectivity index (χ0v) is 10.5. The highest BCUT2D eigenvalue weighted by atomic mass is 16.2. The summed E-state index contributed by atoms with van der Waals surface area (Å²) in [5, 5.41) is 3.07. The summed E-state index contributed by atoms with van der Waals surface area (Å²) < 4.78 is 0. The predicted molar refractivity (Wildman–Crippen MR) is 70.8 cm³/mol. The zero-order chi connectivity index (χ0) is 13.9. The van der Waals surface area contributed by atoms with E-state index in [0.717, 1.165) is 0 Å². The normalized spacial score (nSPS) is 34.8. The molecule has 2 bridgehead atoms. The lowest BCUT2D eigenvalue weighted by atomic mass is 9.90. The van der Waals surface area contributed by atoms with Crippen molar-refractivity contribution >= 4 is 23.3 Å². The topological polar surface area (TPSA) is 66.5 Å². The van der Waals surface area contributed by atoms with E-state index >= 15 is 0 Å². The van der Waals surface area contributed by atoms with Crippen LogP contribution in [0.2, 0.25) is 0 Å². The molecule has 0 spiro atoms. The minimum atomic E-state index is -0.574. The van der Waals surface area contributed by atoms with Crippen LogP contribution in [0.5, 0.6) is 0 Å². The highest BCUT2D eigenvalue weighted by Gasteiger charge is 2.60. The number of rotatable bonds is 1. The molecule has 2 fully saturated rings. The number of amides is 2. The van der Waals surface area contributed by atoms with Gasteiger partial charge in [0.2, 0.25) is 11.8 Å². The maximum Gasteiger partial charge on any atom is 0.239 e. The second kappa shape index (κ2) is 3.86. The predicted octanol–water partition coefficient (Wildman–Crippen LogP) is 0.271. The Morgan fingerprint density at radius 3 is 2.40 bits per heavy atom. The van der Waals surface area contributed by atoms with Gasteiger partial charge in [0.25, 0.3) is 0 Å². The summed E-state index contributed by atoms with van der Waals surface area (Å²) in [7, 11) is 0. The molecular formula is C15H12N2O3. The van der Waals surface area contributed by atoms with Gasteiger partial charge in [0.15, 0.2) is 5.78 Å². The molecule has 3 aliphatic rings. The Morgan fingerprint density at radius 2 is 1.65 bits per heavy atom. The number of imide groups is 1. The molecule has 5 nitrogen and oxygen atoms in total. The Morgan fingerprint density at radius 1 is 0.950 bits per heavy atom. The second-order valence-corrected chi connectivity index (χ2v) is 5.33. The molecule has 0 aromatic heterocycles. The molecular weight excluding hydrogens is 256 g/mol. The van der Waals surface area contributed by atoms with E-state index < -0.39 is 17.9 Å². The Hall–Kier alpha value is -2.27. The number of benzene rings is 1. The van der Waals surface area contributed by atoms with E-state index in [1.807, 2.05) is 6.07 Å². The van der Waals surface area contributed by atoms with Crippen molar-refractivity contribution < 1.29 is 14.4 Å². The maximum absolute atomic E-state index is 12.6. The van der Waals surface area contributed by atoms with E-state index in [1.165, 1.54) is 11.0 Å². The molecule has 100 valence electrons. The van der Waals surface area contributed by atoms with Gasteiger partial charge in [-0.1, -0.05) is 24.3 Å². The van der Waals surface area contributed by atoms with Crippen LogP contribution in [0.25, 0.3) is 0 Å². The lowest BCUT2D eigenvalue weighted by Crippen LogP contribution is -2.46. The summed E-state index contributed by atoms with van der Waals surface area (Å²) in [6.45, 7) is 0. The molecule has 0 unspecified atom stereocenters. The number of hydrogen-bond donors (Lipinski definition) is 1. The first-order valence-electron chi connectivity index (χ1n) is 6.59. The fourth-order valence-electron chi connectivity index (χ4n) is 3.42. The third-order valence-electron chi connectivity index (χ3n) is 4.30. The first-order chi connectivity index (χ1) is 9.68. The molecule has 4 rings (SSSR count). The molecule has 4 atom stereocenters. The number of nitrogens with zero attached hydrogens (tertiary/aromatic N) is 1. The molecule has 0 saturated carbocycles. The first kappa shape index (κ1) is 11.5. The summed E-state index contributed by atoms with van der Waals surface area (Å²) in [6.07, 6.45) is 3.18. The van der Waals surface area contributed by atoms with Crippen molar-refractivity contribution in [1.29, 1.82) is 0 Å². The molecule has 1 aromatic carbocycles. The molecule has 1 aromatic rings. The first-order valence-corrected chi connectivity index (χ1v) is 6.59. The van der Waals surface area contributed by atoms with Crippen molar-refractivity contribution in [1.82, 2.24) is 5.32 Å². The van der Waals surface area contributed by atoms with Gasteiger partial charge in [0, 0.05) is 6.04 Å². The fraction of sp³-hybridized carbons (Fsp3) is 0.267. The number of anilines is 1. The van der Waals surface area contributed by atoms with Crippen LogP contribution in [0.4, 0.5) is 5.69 Å². The van der Waals surface area contributed by atoms with Crippen molar-refractivity contribution in [3.05, 3.63) is 42.5 Å². The molecule has 1 N–H and O–H groups in total. The second-order valence-electron chi connectivity index (χ2n) is 5.33. The third kappa shape index (κ3) is 1.33. The van der Waals surface area contributed by atoms with Crippen LogP contribution in [0.1, 0.15) is 0 Å². The monoisotopic (exact) mass is 268 g/mol.